The average Bonchev–Trinajstić information content (AvgIpc) is 2.74. The monoisotopic (exact) mass is 444 g/mol. The standard InChI is InChI=1S/C27H40O5/c1-4-5-6-7-8-9-10-11-12-13-14-15-16-17-18-19-20-21-26(29)31-25(3)32-27(30)23-22-24(2)28/h5-6,8-9,11-12,14-15,17-18,25H,4,7,10,13,16,19-23H2,1-3H3/b6-5-,9-8-,12-11-,15-14-,18-17-. The molecule has 0 fully saturated rings. The Morgan fingerprint density at radius 2 is 1.09 bits per heavy atom. The summed E-state index contributed by atoms with van der Waals surface area (Å²) in [7, 11) is 0. The lowest BCUT2D eigenvalue weighted by Crippen LogP contribution is -2.21. The fourth-order valence-corrected chi connectivity index (χ4v) is 2.52. The van der Waals surface area contributed by atoms with Crippen molar-refractivity contribution in [3.63, 3.8) is 0 Å². The molecule has 5 heteroatoms. The molecule has 0 rings (SSSR count). The first kappa shape index (κ1) is 29.3. The van der Waals surface area contributed by atoms with Crippen molar-refractivity contribution in [2.75, 3.05) is 0 Å². The second-order valence-corrected chi connectivity index (χ2v) is 7.35. The van der Waals surface area contributed by atoms with E-state index in [1.165, 1.54) is 13.8 Å². The second kappa shape index (κ2) is 21.5. The molecule has 32 heavy (non-hydrogen) atoms. The van der Waals surface area contributed by atoms with E-state index in [1.807, 2.05) is 0 Å². The number of allylic oxidation sites excluding steroid dienone is 10. The largest absolute Gasteiger partial charge is 0.425 e. The highest BCUT2D eigenvalue weighted by molar-refractivity contribution is 5.81. The number of ketones is 1. The molecule has 0 spiro atoms. The third-order valence-electron chi connectivity index (χ3n) is 4.19. The maximum absolute atomic E-state index is 11.7. The van der Waals surface area contributed by atoms with Crippen LogP contribution in [-0.2, 0) is 23.9 Å². The fraction of sp³-hybridized carbons (Fsp3) is 0.519. The van der Waals surface area contributed by atoms with Crippen LogP contribution in [0.15, 0.2) is 60.8 Å². The molecule has 0 saturated carbocycles. The van der Waals surface area contributed by atoms with Crippen molar-refractivity contribution in [3.05, 3.63) is 60.8 Å². The van der Waals surface area contributed by atoms with Gasteiger partial charge in [0.1, 0.15) is 5.78 Å². The van der Waals surface area contributed by atoms with Crippen LogP contribution in [0.25, 0.3) is 0 Å². The first-order valence-electron chi connectivity index (χ1n) is 11.6. The van der Waals surface area contributed by atoms with E-state index in [0.29, 0.717) is 6.42 Å². The number of unbranched alkanes of at least 4 members (excludes halogenated alkanes) is 1. The molecule has 0 bridgehead atoms. The molecule has 1 unspecified atom stereocenters. The van der Waals surface area contributed by atoms with Crippen molar-refractivity contribution >= 4 is 17.7 Å². The van der Waals surface area contributed by atoms with Crippen LogP contribution in [0.3, 0.4) is 0 Å². The number of hydrogen-bond acceptors (Lipinski definition) is 5. The van der Waals surface area contributed by atoms with Gasteiger partial charge in [-0.1, -0.05) is 67.7 Å². The fourth-order valence-electron chi connectivity index (χ4n) is 2.52. The molecule has 0 heterocycles. The minimum atomic E-state index is -0.935. The van der Waals surface area contributed by atoms with Gasteiger partial charge in [0.05, 0.1) is 6.42 Å². The number of hydrogen-bond donors (Lipinski definition) is 0. The summed E-state index contributed by atoms with van der Waals surface area (Å²) in [4.78, 5) is 34.1. The Labute approximate surface area is 193 Å². The lowest BCUT2D eigenvalue weighted by Gasteiger charge is -2.13. The number of ether oxygens (including phenoxy) is 2. The second-order valence-electron chi connectivity index (χ2n) is 7.35. The summed E-state index contributed by atoms with van der Waals surface area (Å²) in [6.45, 7) is 5.04. The summed E-state index contributed by atoms with van der Waals surface area (Å²) in [6.07, 6.45) is 27.3. The summed E-state index contributed by atoms with van der Waals surface area (Å²) in [5.74, 6) is -1.02. The van der Waals surface area contributed by atoms with E-state index in [1.54, 1.807) is 0 Å². The highest BCUT2D eigenvalue weighted by Crippen LogP contribution is 2.05. The number of carbonyl (C=O) groups is 3. The quantitative estimate of drug-likeness (QED) is 0.102. The SMILES string of the molecule is CC/C=C\C/C=C\C/C=C\C/C=C\C/C=C\CCCC(=O)OC(C)OC(=O)CCC(C)=O. The Balaban J connectivity index is 3.70. The topological polar surface area (TPSA) is 69.7 Å². The van der Waals surface area contributed by atoms with E-state index in [0.717, 1.165) is 38.5 Å². The van der Waals surface area contributed by atoms with Gasteiger partial charge >= 0.3 is 11.9 Å². The zero-order valence-electron chi connectivity index (χ0n) is 20.0. The van der Waals surface area contributed by atoms with E-state index in [2.05, 4.69) is 67.7 Å². The van der Waals surface area contributed by atoms with Crippen molar-refractivity contribution < 1.29 is 23.9 Å². The van der Waals surface area contributed by atoms with Gasteiger partial charge in [0.2, 0.25) is 6.29 Å². The van der Waals surface area contributed by atoms with Gasteiger partial charge in [-0.3, -0.25) is 9.59 Å². The van der Waals surface area contributed by atoms with Crippen LogP contribution in [0.1, 0.15) is 85.0 Å². The summed E-state index contributed by atoms with van der Waals surface area (Å²) in [5, 5.41) is 0. The summed E-state index contributed by atoms with van der Waals surface area (Å²) in [5.41, 5.74) is 0. The molecule has 0 N–H and O–H groups in total. The maximum Gasteiger partial charge on any atom is 0.309 e. The third kappa shape index (κ3) is 22.0. The highest BCUT2D eigenvalue weighted by atomic mass is 16.7. The Bertz CT molecular complexity index is 668. The van der Waals surface area contributed by atoms with Gasteiger partial charge in [-0.2, -0.15) is 0 Å². The van der Waals surface area contributed by atoms with E-state index in [-0.39, 0.29) is 25.0 Å². The van der Waals surface area contributed by atoms with Crippen molar-refractivity contribution in [2.24, 2.45) is 0 Å². The van der Waals surface area contributed by atoms with Crippen molar-refractivity contribution in [1.82, 2.24) is 0 Å². The van der Waals surface area contributed by atoms with Crippen LogP contribution < -0.4 is 0 Å². The Morgan fingerprint density at radius 3 is 1.56 bits per heavy atom. The molecule has 0 aliphatic carbocycles. The van der Waals surface area contributed by atoms with Crippen LogP contribution in [0, 0.1) is 0 Å². The molecule has 0 saturated heterocycles. The van der Waals surface area contributed by atoms with Crippen LogP contribution in [-0.4, -0.2) is 24.0 Å². The van der Waals surface area contributed by atoms with Gasteiger partial charge in [-0.25, -0.2) is 0 Å². The van der Waals surface area contributed by atoms with Crippen LogP contribution in [0.4, 0.5) is 0 Å². The predicted molar refractivity (Wildman–Crippen MR) is 130 cm³/mol. The first-order chi connectivity index (χ1) is 15.5. The molecule has 1 atom stereocenters. The molecule has 0 aromatic heterocycles. The van der Waals surface area contributed by atoms with E-state index < -0.39 is 18.2 Å². The molecular formula is C27H40O5. The number of carbonyl (C=O) groups excluding carboxylic acids is 3. The zero-order chi connectivity index (χ0) is 23.9. The van der Waals surface area contributed by atoms with E-state index >= 15 is 0 Å². The van der Waals surface area contributed by atoms with Gasteiger partial charge in [-0.15, -0.1) is 0 Å². The molecular weight excluding hydrogens is 404 g/mol. The first-order valence-corrected chi connectivity index (χ1v) is 11.6. The van der Waals surface area contributed by atoms with Crippen LogP contribution in [0.2, 0.25) is 0 Å². The van der Waals surface area contributed by atoms with Gasteiger partial charge in [0.15, 0.2) is 0 Å². The van der Waals surface area contributed by atoms with Crippen molar-refractivity contribution in [3.8, 4) is 0 Å². The minimum absolute atomic E-state index is 0.00129. The number of rotatable bonds is 18. The Hall–Kier alpha value is -2.69. The number of Topliss-reactive ketones (excluding diaryl/α,β-unsaturated/α-hetero) is 1. The Kier molecular flexibility index (Phi) is 19.7. The smallest absolute Gasteiger partial charge is 0.309 e. The molecule has 5 nitrogen and oxygen atoms in total. The highest BCUT2D eigenvalue weighted by Gasteiger charge is 2.14. The molecule has 178 valence electrons. The summed E-state index contributed by atoms with van der Waals surface area (Å²) < 4.78 is 9.98. The van der Waals surface area contributed by atoms with Crippen molar-refractivity contribution in [2.45, 2.75) is 91.3 Å². The molecule has 0 aliphatic heterocycles. The van der Waals surface area contributed by atoms with E-state index in [4.69, 9.17) is 9.47 Å². The van der Waals surface area contributed by atoms with Crippen LogP contribution >= 0.6 is 0 Å². The van der Waals surface area contributed by atoms with Gasteiger partial charge < -0.3 is 14.3 Å². The minimum Gasteiger partial charge on any atom is -0.425 e. The zero-order valence-corrected chi connectivity index (χ0v) is 20.0. The Morgan fingerprint density at radius 1 is 0.656 bits per heavy atom. The van der Waals surface area contributed by atoms with Gasteiger partial charge in [0, 0.05) is 19.8 Å². The van der Waals surface area contributed by atoms with Crippen LogP contribution in [0.5, 0.6) is 0 Å². The van der Waals surface area contributed by atoms with Gasteiger partial charge in [-0.05, 0) is 51.9 Å². The molecule has 0 radical (unpaired) electrons. The number of esters is 2. The van der Waals surface area contributed by atoms with Gasteiger partial charge in [0.25, 0.3) is 0 Å². The maximum atomic E-state index is 11.7. The average molecular weight is 445 g/mol. The molecule has 0 amide bonds. The molecule has 0 aromatic carbocycles. The lowest BCUT2D eigenvalue weighted by molar-refractivity contribution is -0.184. The summed E-state index contributed by atoms with van der Waals surface area (Å²) in [6, 6.07) is 0. The molecule has 0 aromatic rings. The third-order valence-corrected chi connectivity index (χ3v) is 4.19. The summed E-state index contributed by atoms with van der Waals surface area (Å²) >= 11 is 0. The lowest BCUT2D eigenvalue weighted by atomic mass is 10.2. The van der Waals surface area contributed by atoms with E-state index in [9.17, 15) is 14.4 Å². The van der Waals surface area contributed by atoms with Crippen molar-refractivity contribution in [1.29, 1.82) is 0 Å². The predicted octanol–water partition coefficient (Wildman–Crippen LogP) is 6.71. The normalized spacial score (nSPS) is 13.1. The molecule has 0 aliphatic rings.